The van der Waals surface area contributed by atoms with Crippen molar-refractivity contribution in [3.8, 4) is 12.3 Å². The summed E-state index contributed by atoms with van der Waals surface area (Å²) in [5, 5.41) is 0. The van der Waals surface area contributed by atoms with Crippen LogP contribution in [-0.4, -0.2) is 0 Å². The van der Waals surface area contributed by atoms with Gasteiger partial charge in [-0.1, -0.05) is 24.8 Å². The van der Waals surface area contributed by atoms with Gasteiger partial charge in [0.05, 0.1) is 0 Å². The maximum absolute atomic E-state index is 4.93. The third-order valence-electron chi connectivity index (χ3n) is 0.508. The summed E-state index contributed by atoms with van der Waals surface area (Å²) < 4.78 is 0. The van der Waals surface area contributed by atoms with Crippen molar-refractivity contribution < 1.29 is 0 Å². The Hall–Kier alpha value is -0.960. The second-order valence-corrected chi connectivity index (χ2v) is 1.07. The summed E-state index contributed by atoms with van der Waals surface area (Å²) >= 11 is 0. The normalized spacial score (nSPS) is 8.43. The Morgan fingerprint density at radius 2 is 2.43 bits per heavy atom. The van der Waals surface area contributed by atoms with Crippen LogP contribution in [0.3, 0.4) is 0 Å². The largest absolute Gasteiger partial charge is 0.120 e. The van der Waals surface area contributed by atoms with E-state index in [1.807, 2.05) is 12.2 Å². The van der Waals surface area contributed by atoms with Gasteiger partial charge in [-0.25, -0.2) is 0 Å². The summed E-state index contributed by atoms with van der Waals surface area (Å²) in [4.78, 5) is 0. The van der Waals surface area contributed by atoms with E-state index in [-0.39, 0.29) is 0 Å². The molecule has 36 valence electrons. The molecule has 0 aromatic heterocycles. The van der Waals surface area contributed by atoms with Crippen LogP contribution in [0.2, 0.25) is 0 Å². The Labute approximate surface area is 44.5 Å². The monoisotopic (exact) mass is 92.1 g/mol. The molecule has 0 radical (unpaired) electrons. The zero-order chi connectivity index (χ0) is 5.54. The molecule has 0 nitrogen and oxygen atoms in total. The third-order valence-corrected chi connectivity index (χ3v) is 0.508. The highest BCUT2D eigenvalue weighted by Gasteiger charge is 1.59. The van der Waals surface area contributed by atoms with E-state index in [1.165, 1.54) is 0 Å². The molecule has 0 bridgehead atoms. The molecule has 0 saturated carbocycles. The van der Waals surface area contributed by atoms with Crippen LogP contribution in [0.15, 0.2) is 24.8 Å². The summed E-state index contributed by atoms with van der Waals surface area (Å²) in [5.74, 6) is 2.47. The quantitative estimate of drug-likeness (QED) is 0.359. The van der Waals surface area contributed by atoms with Gasteiger partial charge in [-0.15, -0.1) is 12.3 Å². The lowest BCUT2D eigenvalue weighted by Gasteiger charge is -1.68. The fourth-order valence-corrected chi connectivity index (χ4v) is 0.232. The number of terminal acetylenes is 1. The predicted octanol–water partition coefficient (Wildman–Crippen LogP) is 1.75. The summed E-state index contributed by atoms with van der Waals surface area (Å²) in [7, 11) is 0. The molecule has 0 aliphatic rings. The second kappa shape index (κ2) is 5.04. The Kier molecular flexibility index (Phi) is 4.35. The molecule has 0 fully saturated rings. The van der Waals surface area contributed by atoms with Gasteiger partial charge in [-0.05, 0) is 0 Å². The first kappa shape index (κ1) is 6.04. The average Bonchev–Trinajstić information content (AvgIpc) is 1.69. The van der Waals surface area contributed by atoms with Crippen molar-refractivity contribution in [1.82, 2.24) is 0 Å². The molecule has 0 aliphatic carbocycles. The van der Waals surface area contributed by atoms with Gasteiger partial charge in [0.2, 0.25) is 0 Å². The molecule has 0 aromatic rings. The van der Waals surface area contributed by atoms with E-state index in [2.05, 4.69) is 12.5 Å². The van der Waals surface area contributed by atoms with Crippen molar-refractivity contribution in [2.24, 2.45) is 0 Å². The molecule has 0 heterocycles. The van der Waals surface area contributed by atoms with Gasteiger partial charge in [0.1, 0.15) is 0 Å². The zero-order valence-corrected chi connectivity index (χ0v) is 4.22. The fraction of sp³-hybridized carbons (Fsp3) is 0.143. The summed E-state index contributed by atoms with van der Waals surface area (Å²) in [6, 6.07) is 0. The first-order valence-electron chi connectivity index (χ1n) is 2.13. The number of hydrogen-bond acceptors (Lipinski definition) is 0. The Balaban J connectivity index is 3.13. The fourth-order valence-electron chi connectivity index (χ4n) is 0.232. The zero-order valence-electron chi connectivity index (χ0n) is 4.22. The van der Waals surface area contributed by atoms with Gasteiger partial charge in [0, 0.05) is 6.42 Å². The van der Waals surface area contributed by atoms with Crippen LogP contribution in [-0.2, 0) is 0 Å². The number of hydrogen-bond donors (Lipinski definition) is 0. The highest BCUT2D eigenvalue weighted by molar-refractivity contribution is 5.03. The van der Waals surface area contributed by atoms with Gasteiger partial charge in [-0.2, -0.15) is 0 Å². The van der Waals surface area contributed by atoms with Crippen molar-refractivity contribution in [2.75, 3.05) is 0 Å². The van der Waals surface area contributed by atoms with Crippen LogP contribution in [0.5, 0.6) is 0 Å². The van der Waals surface area contributed by atoms with Crippen molar-refractivity contribution >= 4 is 0 Å². The summed E-state index contributed by atoms with van der Waals surface area (Å²) in [5.41, 5.74) is 0. The van der Waals surface area contributed by atoms with E-state index < -0.39 is 0 Å². The second-order valence-electron chi connectivity index (χ2n) is 1.07. The van der Waals surface area contributed by atoms with E-state index in [1.54, 1.807) is 6.08 Å². The predicted molar refractivity (Wildman–Crippen MR) is 32.8 cm³/mol. The van der Waals surface area contributed by atoms with Crippen LogP contribution in [0.4, 0.5) is 0 Å². The molecule has 7 heavy (non-hydrogen) atoms. The minimum Gasteiger partial charge on any atom is -0.120 e. The maximum Gasteiger partial charge on any atom is 0.0270 e. The van der Waals surface area contributed by atoms with Crippen molar-refractivity contribution in [3.63, 3.8) is 0 Å². The molecule has 0 saturated heterocycles. The maximum atomic E-state index is 4.93. The highest BCUT2D eigenvalue weighted by atomic mass is 13.6. The molecule has 0 spiro atoms. The Bertz CT molecular complexity index is 102. The van der Waals surface area contributed by atoms with Crippen LogP contribution in [0.25, 0.3) is 0 Å². The first-order chi connectivity index (χ1) is 3.41. The number of rotatable bonds is 2. The summed E-state index contributed by atoms with van der Waals surface area (Å²) in [6.07, 6.45) is 11.1. The lowest BCUT2D eigenvalue weighted by molar-refractivity contribution is 1.48. The topological polar surface area (TPSA) is 0 Å². The van der Waals surface area contributed by atoms with Gasteiger partial charge in [-0.3, -0.25) is 0 Å². The lowest BCUT2D eigenvalue weighted by atomic mass is 10.4. The van der Waals surface area contributed by atoms with E-state index in [4.69, 9.17) is 6.42 Å². The van der Waals surface area contributed by atoms with E-state index in [0.29, 0.717) is 6.42 Å². The van der Waals surface area contributed by atoms with Crippen LogP contribution in [0, 0.1) is 12.3 Å². The lowest BCUT2D eigenvalue weighted by Crippen LogP contribution is -1.51. The molecule has 0 rings (SSSR count). The standard InChI is InChI=1S/C7H8/c1-3-5-7-6-4-2/h1,4,6-7H,2,5H2/b7-6-. The van der Waals surface area contributed by atoms with Gasteiger partial charge >= 0.3 is 0 Å². The van der Waals surface area contributed by atoms with Crippen LogP contribution < -0.4 is 0 Å². The van der Waals surface area contributed by atoms with Gasteiger partial charge < -0.3 is 0 Å². The van der Waals surface area contributed by atoms with Gasteiger partial charge in [0.15, 0.2) is 0 Å². The van der Waals surface area contributed by atoms with Gasteiger partial charge in [0.25, 0.3) is 0 Å². The minimum atomic E-state index is 0.700. The van der Waals surface area contributed by atoms with E-state index >= 15 is 0 Å². The molecule has 0 unspecified atom stereocenters. The highest BCUT2D eigenvalue weighted by Crippen LogP contribution is 1.77. The molecule has 0 atom stereocenters. The first-order valence-corrected chi connectivity index (χ1v) is 2.13. The van der Waals surface area contributed by atoms with Crippen molar-refractivity contribution in [2.45, 2.75) is 6.42 Å². The molecular formula is C7H8. The minimum absolute atomic E-state index is 0.700. The molecule has 0 amide bonds. The van der Waals surface area contributed by atoms with E-state index in [9.17, 15) is 0 Å². The Morgan fingerprint density at radius 3 is 2.86 bits per heavy atom. The third kappa shape index (κ3) is 5.04. The summed E-state index contributed by atoms with van der Waals surface area (Å²) in [6.45, 7) is 3.48. The molecule has 0 heteroatoms. The van der Waals surface area contributed by atoms with Crippen LogP contribution in [0.1, 0.15) is 6.42 Å². The van der Waals surface area contributed by atoms with Crippen molar-refractivity contribution in [1.29, 1.82) is 0 Å². The molecule has 0 N–H and O–H groups in total. The van der Waals surface area contributed by atoms with E-state index in [0.717, 1.165) is 0 Å². The SMILES string of the molecule is C#CC/C=C\C=C. The molecule has 0 aromatic carbocycles. The number of allylic oxidation sites excluding steroid dienone is 3. The van der Waals surface area contributed by atoms with Crippen molar-refractivity contribution in [3.05, 3.63) is 24.8 Å². The van der Waals surface area contributed by atoms with Crippen LogP contribution >= 0.6 is 0 Å². The molecule has 0 aliphatic heterocycles. The molecular weight excluding hydrogens is 84.1 g/mol. The Morgan fingerprint density at radius 1 is 1.71 bits per heavy atom. The smallest absolute Gasteiger partial charge is 0.0270 e. The average molecular weight is 92.1 g/mol.